The third kappa shape index (κ3) is 12.2. The molecule has 0 bridgehead atoms. The molecular formula is C20H28BrIO3S. The number of thiophene rings is 1. The highest BCUT2D eigenvalue weighted by atomic mass is 127. The Labute approximate surface area is 183 Å². The van der Waals surface area contributed by atoms with Gasteiger partial charge in [-0.3, -0.25) is 0 Å². The van der Waals surface area contributed by atoms with Crippen LogP contribution in [0.2, 0.25) is 0 Å². The van der Waals surface area contributed by atoms with E-state index < -0.39 is 6.16 Å². The zero-order valence-electron chi connectivity index (χ0n) is 15.5. The minimum Gasteiger partial charge on any atom is -0.434 e. The molecule has 1 aromatic heterocycles. The summed E-state index contributed by atoms with van der Waals surface area (Å²) in [7, 11) is 0. The summed E-state index contributed by atoms with van der Waals surface area (Å²) in [4.78, 5) is 11.5. The smallest absolute Gasteiger partial charge is 0.434 e. The number of ether oxygens (including phenoxy) is 2. The average Bonchev–Trinajstić information content (AvgIpc) is 2.93. The van der Waals surface area contributed by atoms with Crippen LogP contribution in [0.1, 0.15) is 70.3 Å². The first-order chi connectivity index (χ1) is 12.6. The van der Waals surface area contributed by atoms with E-state index in [2.05, 4.69) is 63.4 Å². The van der Waals surface area contributed by atoms with E-state index in [1.54, 1.807) is 11.3 Å². The van der Waals surface area contributed by atoms with Crippen molar-refractivity contribution >= 4 is 56.0 Å². The van der Waals surface area contributed by atoms with Gasteiger partial charge in [0.15, 0.2) is 0 Å². The number of halogens is 2. The normalized spacial score (nSPS) is 10.3. The van der Waals surface area contributed by atoms with Crippen molar-refractivity contribution in [1.82, 2.24) is 0 Å². The van der Waals surface area contributed by atoms with Crippen molar-refractivity contribution in [3.05, 3.63) is 18.3 Å². The molecule has 0 saturated heterocycles. The lowest BCUT2D eigenvalue weighted by Gasteiger charge is -2.06. The molecular weight excluding hydrogens is 527 g/mol. The maximum absolute atomic E-state index is 11.5. The fourth-order valence-electron chi connectivity index (χ4n) is 2.27. The van der Waals surface area contributed by atoms with Gasteiger partial charge in [0.05, 0.1) is 19.9 Å². The Morgan fingerprint density at radius 2 is 1.73 bits per heavy atom. The zero-order valence-corrected chi connectivity index (χ0v) is 20.0. The van der Waals surface area contributed by atoms with Gasteiger partial charge in [0.1, 0.15) is 0 Å². The van der Waals surface area contributed by atoms with Crippen molar-refractivity contribution < 1.29 is 14.3 Å². The summed E-state index contributed by atoms with van der Waals surface area (Å²) in [6, 6.07) is 2.10. The van der Waals surface area contributed by atoms with E-state index in [4.69, 9.17) is 9.47 Å². The molecule has 0 radical (unpaired) electrons. The molecule has 0 saturated carbocycles. The largest absolute Gasteiger partial charge is 0.508 e. The van der Waals surface area contributed by atoms with Crippen LogP contribution >= 0.6 is 49.9 Å². The third-order valence-electron chi connectivity index (χ3n) is 3.76. The van der Waals surface area contributed by atoms with Gasteiger partial charge >= 0.3 is 6.16 Å². The Kier molecular flexibility index (Phi) is 14.4. The number of hydrogen-bond acceptors (Lipinski definition) is 4. The molecule has 6 heteroatoms. The Morgan fingerprint density at radius 1 is 1.08 bits per heavy atom. The first-order valence-electron chi connectivity index (χ1n) is 9.32. The average molecular weight is 555 g/mol. The standard InChI is InChI=1S/C20H28BrIO3S/c1-2-3-4-5-6-7-8-9-10-11-12-14-24-20(23)25-15-13-17-16-18(22)26-19(17)21/h16H,2-4,7-15H2,1H3. The van der Waals surface area contributed by atoms with Gasteiger partial charge in [-0.2, -0.15) is 0 Å². The van der Waals surface area contributed by atoms with E-state index in [1.165, 1.54) is 40.6 Å². The topological polar surface area (TPSA) is 35.5 Å². The minimum absolute atomic E-state index is 0.351. The molecule has 0 fully saturated rings. The van der Waals surface area contributed by atoms with E-state index in [9.17, 15) is 4.79 Å². The van der Waals surface area contributed by atoms with E-state index in [1.807, 2.05) is 0 Å². The molecule has 0 aromatic carbocycles. The molecule has 1 aromatic rings. The second kappa shape index (κ2) is 15.8. The SMILES string of the molecule is CCCCC#CCCCCCCCOC(=O)OCCc1cc(I)sc1Br. The molecule has 0 spiro atoms. The van der Waals surface area contributed by atoms with Crippen molar-refractivity contribution in [2.75, 3.05) is 13.2 Å². The number of carbonyl (C=O) groups is 1. The Bertz CT molecular complexity index is 577. The number of unbranched alkanes of at least 4 members (excludes halogenated alkanes) is 7. The lowest BCUT2D eigenvalue weighted by atomic mass is 10.1. The van der Waals surface area contributed by atoms with Crippen molar-refractivity contribution in [2.45, 2.75) is 71.1 Å². The van der Waals surface area contributed by atoms with Crippen LogP contribution in [0.3, 0.4) is 0 Å². The van der Waals surface area contributed by atoms with E-state index >= 15 is 0 Å². The fraction of sp³-hybridized carbons (Fsp3) is 0.650. The Hall–Kier alpha value is -0.260. The van der Waals surface area contributed by atoms with Crippen molar-refractivity contribution in [3.63, 3.8) is 0 Å². The summed E-state index contributed by atoms with van der Waals surface area (Å²) in [6.45, 7) is 2.98. The van der Waals surface area contributed by atoms with Crippen molar-refractivity contribution in [1.29, 1.82) is 0 Å². The molecule has 1 heterocycles. The molecule has 0 unspecified atom stereocenters. The summed E-state index contributed by atoms with van der Waals surface area (Å²) < 4.78 is 12.5. The molecule has 0 aliphatic heterocycles. The van der Waals surface area contributed by atoms with Gasteiger partial charge in [-0.1, -0.05) is 32.6 Å². The van der Waals surface area contributed by atoms with Crippen LogP contribution in [-0.4, -0.2) is 19.4 Å². The quantitative estimate of drug-likeness (QED) is 0.117. The van der Waals surface area contributed by atoms with Crippen LogP contribution < -0.4 is 0 Å². The predicted molar refractivity (Wildman–Crippen MR) is 121 cm³/mol. The maximum Gasteiger partial charge on any atom is 0.508 e. The summed E-state index contributed by atoms with van der Waals surface area (Å²) in [5, 5.41) is 0. The lowest BCUT2D eigenvalue weighted by molar-refractivity contribution is 0.0549. The zero-order chi connectivity index (χ0) is 19.0. The highest BCUT2D eigenvalue weighted by Gasteiger charge is 2.08. The van der Waals surface area contributed by atoms with E-state index in [0.29, 0.717) is 19.6 Å². The number of hydrogen-bond donors (Lipinski definition) is 0. The molecule has 0 amide bonds. The van der Waals surface area contributed by atoms with Gasteiger partial charge in [-0.15, -0.1) is 23.2 Å². The second-order valence-electron chi connectivity index (χ2n) is 6.02. The Balaban J connectivity index is 1.90. The van der Waals surface area contributed by atoms with Gasteiger partial charge in [-0.25, -0.2) is 4.79 Å². The molecule has 26 heavy (non-hydrogen) atoms. The van der Waals surface area contributed by atoms with Crippen LogP contribution in [0.4, 0.5) is 4.79 Å². The van der Waals surface area contributed by atoms with E-state index in [0.717, 1.165) is 29.5 Å². The lowest BCUT2D eigenvalue weighted by Crippen LogP contribution is -2.10. The first-order valence-corrected chi connectivity index (χ1v) is 12.0. The van der Waals surface area contributed by atoms with Gasteiger partial charge in [0.2, 0.25) is 0 Å². The first kappa shape index (κ1) is 23.8. The Morgan fingerprint density at radius 3 is 2.42 bits per heavy atom. The summed E-state index contributed by atoms with van der Waals surface area (Å²) in [6.07, 6.45) is 10.1. The van der Waals surface area contributed by atoms with Gasteiger partial charge in [0, 0.05) is 19.3 Å². The second-order valence-corrected chi connectivity index (χ2v) is 10.3. The highest BCUT2D eigenvalue weighted by Crippen LogP contribution is 2.29. The monoisotopic (exact) mass is 554 g/mol. The summed E-state index contributed by atoms with van der Waals surface area (Å²) in [5.41, 5.74) is 1.17. The highest BCUT2D eigenvalue weighted by molar-refractivity contribution is 14.1. The molecule has 0 aliphatic rings. The third-order valence-corrected chi connectivity index (χ3v) is 6.49. The molecule has 3 nitrogen and oxygen atoms in total. The molecule has 0 N–H and O–H groups in total. The van der Waals surface area contributed by atoms with Crippen LogP contribution in [0.25, 0.3) is 0 Å². The van der Waals surface area contributed by atoms with Gasteiger partial charge in [0.25, 0.3) is 0 Å². The van der Waals surface area contributed by atoms with Crippen LogP contribution in [0.5, 0.6) is 0 Å². The van der Waals surface area contributed by atoms with Crippen LogP contribution in [0.15, 0.2) is 9.85 Å². The fourth-order valence-corrected chi connectivity index (χ4v) is 5.72. The van der Waals surface area contributed by atoms with E-state index in [-0.39, 0.29) is 0 Å². The summed E-state index contributed by atoms with van der Waals surface area (Å²) in [5.74, 6) is 6.45. The number of rotatable bonds is 12. The van der Waals surface area contributed by atoms with Crippen LogP contribution in [-0.2, 0) is 15.9 Å². The summed E-state index contributed by atoms with van der Waals surface area (Å²) >= 11 is 7.48. The van der Waals surface area contributed by atoms with Gasteiger partial charge in [-0.05, 0) is 69.4 Å². The maximum atomic E-state index is 11.5. The number of carbonyl (C=O) groups excluding carboxylic acids is 1. The molecule has 0 atom stereocenters. The minimum atomic E-state index is -0.562. The van der Waals surface area contributed by atoms with Crippen molar-refractivity contribution in [2.24, 2.45) is 0 Å². The van der Waals surface area contributed by atoms with Gasteiger partial charge < -0.3 is 9.47 Å². The molecule has 146 valence electrons. The van der Waals surface area contributed by atoms with Crippen molar-refractivity contribution in [3.8, 4) is 11.8 Å². The predicted octanol–water partition coefficient (Wildman–Crippen LogP) is 7.35. The molecule has 1 rings (SSSR count). The van der Waals surface area contributed by atoms with Crippen LogP contribution in [0, 0.1) is 14.7 Å². The molecule has 0 aliphatic carbocycles.